The zero-order valence-corrected chi connectivity index (χ0v) is 8.54. The van der Waals surface area contributed by atoms with Crippen LogP contribution in [0, 0.1) is 0 Å². The van der Waals surface area contributed by atoms with Crippen LogP contribution in [0.15, 0.2) is 41.1 Å². The number of nitrogens with zero attached hydrogens (tertiary/aromatic N) is 1. The molecule has 1 fully saturated rings. The SMILES string of the molecule is C=C1CNN(c2ccccc2Br)O1. The third-order valence-electron chi connectivity index (χ3n) is 1.71. The molecule has 0 aromatic heterocycles. The minimum atomic E-state index is 0.654. The van der Waals surface area contributed by atoms with E-state index < -0.39 is 0 Å². The number of para-hydroxylation sites is 1. The Balaban J connectivity index is 2.26. The molecule has 13 heavy (non-hydrogen) atoms. The molecule has 2 rings (SSSR count). The first kappa shape index (κ1) is 8.59. The number of benzene rings is 1. The van der Waals surface area contributed by atoms with Gasteiger partial charge in [0.2, 0.25) is 0 Å². The quantitative estimate of drug-likeness (QED) is 0.815. The van der Waals surface area contributed by atoms with Crippen molar-refractivity contribution in [3.63, 3.8) is 0 Å². The van der Waals surface area contributed by atoms with Crippen molar-refractivity contribution >= 4 is 21.6 Å². The van der Waals surface area contributed by atoms with Gasteiger partial charge in [-0.2, -0.15) is 5.43 Å². The molecule has 68 valence electrons. The summed E-state index contributed by atoms with van der Waals surface area (Å²) < 4.78 is 0.984. The minimum Gasteiger partial charge on any atom is -0.368 e. The Morgan fingerprint density at radius 2 is 2.23 bits per heavy atom. The van der Waals surface area contributed by atoms with Crippen LogP contribution in [0.3, 0.4) is 0 Å². The lowest BCUT2D eigenvalue weighted by molar-refractivity contribution is 0.212. The summed E-state index contributed by atoms with van der Waals surface area (Å²) in [6, 6.07) is 7.82. The monoisotopic (exact) mass is 240 g/mol. The van der Waals surface area contributed by atoms with Crippen LogP contribution in [-0.2, 0) is 4.84 Å². The topological polar surface area (TPSA) is 24.5 Å². The van der Waals surface area contributed by atoms with E-state index in [4.69, 9.17) is 4.84 Å². The highest BCUT2D eigenvalue weighted by molar-refractivity contribution is 9.10. The fourth-order valence-corrected chi connectivity index (χ4v) is 1.55. The van der Waals surface area contributed by atoms with Gasteiger partial charge in [-0.05, 0) is 28.1 Å². The van der Waals surface area contributed by atoms with Crippen LogP contribution in [0.1, 0.15) is 0 Å². The largest absolute Gasteiger partial charge is 0.368 e. The van der Waals surface area contributed by atoms with Gasteiger partial charge >= 0.3 is 0 Å². The summed E-state index contributed by atoms with van der Waals surface area (Å²) in [5.41, 5.74) is 3.99. The molecule has 1 aliphatic rings. The molecule has 3 nitrogen and oxygen atoms in total. The molecule has 0 spiro atoms. The molecule has 0 atom stereocenters. The third kappa shape index (κ3) is 1.68. The van der Waals surface area contributed by atoms with E-state index in [1.165, 1.54) is 0 Å². The molecule has 0 amide bonds. The maximum atomic E-state index is 5.33. The van der Waals surface area contributed by atoms with Gasteiger partial charge in [-0.15, -0.1) is 5.17 Å². The lowest BCUT2D eigenvalue weighted by Crippen LogP contribution is -2.29. The van der Waals surface area contributed by atoms with Crippen molar-refractivity contribution in [1.82, 2.24) is 5.43 Å². The number of anilines is 1. The van der Waals surface area contributed by atoms with E-state index >= 15 is 0 Å². The molecule has 0 unspecified atom stereocenters. The Morgan fingerprint density at radius 3 is 2.85 bits per heavy atom. The zero-order valence-electron chi connectivity index (χ0n) is 6.96. The first-order chi connectivity index (χ1) is 6.27. The molecule has 1 saturated heterocycles. The van der Waals surface area contributed by atoms with E-state index in [2.05, 4.69) is 27.9 Å². The van der Waals surface area contributed by atoms with Gasteiger partial charge in [0, 0.05) is 4.47 Å². The number of hydrogen-bond donors (Lipinski definition) is 1. The minimum absolute atomic E-state index is 0.654. The van der Waals surface area contributed by atoms with Gasteiger partial charge in [-0.1, -0.05) is 18.7 Å². The van der Waals surface area contributed by atoms with Crippen molar-refractivity contribution < 1.29 is 4.84 Å². The molecule has 1 aromatic rings. The van der Waals surface area contributed by atoms with Crippen LogP contribution in [0.2, 0.25) is 0 Å². The number of rotatable bonds is 1. The molecule has 1 N–H and O–H groups in total. The van der Waals surface area contributed by atoms with Crippen LogP contribution in [0.5, 0.6) is 0 Å². The summed E-state index contributed by atoms with van der Waals surface area (Å²) in [5, 5.41) is 1.60. The average molecular weight is 241 g/mol. The normalized spacial score (nSPS) is 16.1. The second-order valence-electron chi connectivity index (χ2n) is 2.71. The van der Waals surface area contributed by atoms with Crippen molar-refractivity contribution in [3.8, 4) is 0 Å². The number of nitrogens with one attached hydrogen (secondary N) is 1. The van der Waals surface area contributed by atoms with Crippen LogP contribution < -0.4 is 10.6 Å². The number of hydrogen-bond acceptors (Lipinski definition) is 3. The molecule has 0 aliphatic carbocycles. The second kappa shape index (κ2) is 3.40. The predicted molar refractivity (Wildman–Crippen MR) is 54.8 cm³/mol. The fourth-order valence-electron chi connectivity index (χ4n) is 1.10. The Bertz CT molecular complexity index is 340. The molecule has 0 radical (unpaired) electrons. The van der Waals surface area contributed by atoms with Gasteiger partial charge in [0.15, 0.2) is 0 Å². The lowest BCUT2D eigenvalue weighted by atomic mass is 10.3. The standard InChI is InChI=1S/C9H9BrN2O/c1-7-6-11-12(13-7)9-5-3-2-4-8(9)10/h2-5,11H,1,6H2. The summed E-state index contributed by atoms with van der Waals surface area (Å²) in [6.07, 6.45) is 0. The molecule has 4 heteroatoms. The molecule has 1 aliphatic heterocycles. The van der Waals surface area contributed by atoms with E-state index in [1.807, 2.05) is 24.3 Å². The van der Waals surface area contributed by atoms with Crippen LogP contribution in [-0.4, -0.2) is 6.54 Å². The Morgan fingerprint density at radius 1 is 1.46 bits per heavy atom. The zero-order chi connectivity index (χ0) is 9.26. The van der Waals surface area contributed by atoms with Crippen LogP contribution >= 0.6 is 15.9 Å². The summed E-state index contributed by atoms with van der Waals surface area (Å²) >= 11 is 3.43. The maximum absolute atomic E-state index is 5.33. The first-order valence-electron chi connectivity index (χ1n) is 3.91. The highest BCUT2D eigenvalue weighted by Gasteiger charge is 2.18. The van der Waals surface area contributed by atoms with Crippen molar-refractivity contribution in [3.05, 3.63) is 41.1 Å². The highest BCUT2D eigenvalue weighted by atomic mass is 79.9. The predicted octanol–water partition coefficient (Wildman–Crippen LogP) is 2.22. The van der Waals surface area contributed by atoms with Gasteiger partial charge in [0.05, 0.1) is 6.54 Å². The van der Waals surface area contributed by atoms with E-state index in [0.29, 0.717) is 6.54 Å². The fraction of sp³-hybridized carbons (Fsp3) is 0.111. The van der Waals surface area contributed by atoms with Crippen LogP contribution in [0.4, 0.5) is 5.69 Å². The third-order valence-corrected chi connectivity index (χ3v) is 2.38. The summed E-state index contributed by atoms with van der Waals surface area (Å²) in [7, 11) is 0. The number of hydrazine groups is 1. The van der Waals surface area contributed by atoms with Gasteiger partial charge in [0.25, 0.3) is 0 Å². The Labute approximate surface area is 85.0 Å². The van der Waals surface area contributed by atoms with E-state index in [0.717, 1.165) is 15.9 Å². The highest BCUT2D eigenvalue weighted by Crippen LogP contribution is 2.26. The molecule has 1 heterocycles. The van der Waals surface area contributed by atoms with E-state index in [9.17, 15) is 0 Å². The first-order valence-corrected chi connectivity index (χ1v) is 4.70. The van der Waals surface area contributed by atoms with Crippen LogP contribution in [0.25, 0.3) is 0 Å². The summed E-state index contributed by atoms with van der Waals surface area (Å²) in [6.45, 7) is 4.37. The van der Waals surface area contributed by atoms with Crippen molar-refractivity contribution in [2.75, 3.05) is 11.7 Å². The van der Waals surface area contributed by atoms with E-state index in [-0.39, 0.29) is 0 Å². The molecule has 0 bridgehead atoms. The van der Waals surface area contributed by atoms with Gasteiger partial charge in [0.1, 0.15) is 11.4 Å². The second-order valence-corrected chi connectivity index (χ2v) is 3.56. The molecular weight excluding hydrogens is 232 g/mol. The van der Waals surface area contributed by atoms with Gasteiger partial charge in [-0.25, -0.2) is 0 Å². The summed E-state index contributed by atoms with van der Waals surface area (Å²) in [5.74, 6) is 0.718. The van der Waals surface area contributed by atoms with Crippen molar-refractivity contribution in [1.29, 1.82) is 0 Å². The smallest absolute Gasteiger partial charge is 0.142 e. The van der Waals surface area contributed by atoms with E-state index in [1.54, 1.807) is 5.17 Å². The van der Waals surface area contributed by atoms with Crippen molar-refractivity contribution in [2.24, 2.45) is 0 Å². The molecular formula is C9H9BrN2O. The van der Waals surface area contributed by atoms with Gasteiger partial charge < -0.3 is 4.84 Å². The average Bonchev–Trinajstić information content (AvgIpc) is 2.53. The molecule has 0 saturated carbocycles. The van der Waals surface area contributed by atoms with Gasteiger partial charge in [-0.3, -0.25) is 0 Å². The summed E-state index contributed by atoms with van der Waals surface area (Å²) in [4.78, 5) is 5.33. The lowest BCUT2D eigenvalue weighted by Gasteiger charge is -2.16. The van der Waals surface area contributed by atoms with Crippen molar-refractivity contribution in [2.45, 2.75) is 0 Å². The Hall–Kier alpha value is -1.000. The number of halogens is 1. The molecule has 1 aromatic carbocycles. The maximum Gasteiger partial charge on any atom is 0.142 e. The Kier molecular flexibility index (Phi) is 2.24.